The molecule has 0 aromatic carbocycles. The van der Waals surface area contributed by atoms with E-state index >= 15 is 0 Å². The molecule has 1 aromatic rings. The van der Waals surface area contributed by atoms with Gasteiger partial charge in [-0.3, -0.25) is 4.79 Å². The van der Waals surface area contributed by atoms with Crippen LogP contribution in [-0.4, -0.2) is 29.6 Å². The van der Waals surface area contributed by atoms with Gasteiger partial charge >= 0.3 is 0 Å². The summed E-state index contributed by atoms with van der Waals surface area (Å²) < 4.78 is 13.2. The second-order valence-corrected chi connectivity index (χ2v) is 5.57. The quantitative estimate of drug-likeness (QED) is 0.918. The first-order valence-electron chi connectivity index (χ1n) is 7.46. The van der Waals surface area contributed by atoms with Gasteiger partial charge in [0.1, 0.15) is 0 Å². The fraction of sp³-hybridized carbons (Fsp3) is 0.667. The van der Waals surface area contributed by atoms with Crippen LogP contribution in [0.4, 0.5) is 5.69 Å². The molecule has 3 rings (SSSR count). The third kappa shape index (κ3) is 2.74. The van der Waals surface area contributed by atoms with Crippen LogP contribution in [0.3, 0.4) is 0 Å². The lowest BCUT2D eigenvalue weighted by molar-refractivity contribution is -0.177. The maximum Gasteiger partial charge on any atom is 0.250 e. The number of anilines is 1. The van der Waals surface area contributed by atoms with Gasteiger partial charge in [-0.25, -0.2) is 0 Å². The SMILES string of the molecule is CCn1cc(NC2CCC3(CC2)OCCO3)ccc1=O. The molecular weight excluding hydrogens is 256 g/mol. The van der Waals surface area contributed by atoms with Gasteiger partial charge in [-0.1, -0.05) is 0 Å². The molecule has 5 nitrogen and oxygen atoms in total. The molecule has 0 bridgehead atoms. The largest absolute Gasteiger partial charge is 0.381 e. The standard InChI is InChI=1S/C15H22N2O3/c1-2-17-11-13(3-4-14(17)18)16-12-5-7-15(8-6-12)19-9-10-20-15/h3-4,11-12,16H,2,5-10H2,1H3. The maximum atomic E-state index is 11.6. The molecule has 2 fully saturated rings. The summed E-state index contributed by atoms with van der Waals surface area (Å²) in [5, 5.41) is 3.52. The van der Waals surface area contributed by atoms with Crippen molar-refractivity contribution in [1.29, 1.82) is 0 Å². The molecule has 2 heterocycles. The normalized spacial score (nSPS) is 22.2. The Balaban J connectivity index is 1.60. The summed E-state index contributed by atoms with van der Waals surface area (Å²) >= 11 is 0. The van der Waals surface area contributed by atoms with Crippen molar-refractivity contribution in [2.45, 2.75) is 51.0 Å². The van der Waals surface area contributed by atoms with Crippen LogP contribution < -0.4 is 10.9 Å². The minimum Gasteiger partial charge on any atom is -0.381 e. The molecule has 2 aliphatic rings. The molecule has 1 aromatic heterocycles. The highest BCUT2D eigenvalue weighted by molar-refractivity contribution is 5.41. The van der Waals surface area contributed by atoms with E-state index in [0.717, 1.165) is 44.6 Å². The molecule has 0 radical (unpaired) electrons. The average Bonchev–Trinajstić information content (AvgIpc) is 2.92. The molecule has 1 saturated carbocycles. The number of hydrogen-bond donors (Lipinski definition) is 1. The summed E-state index contributed by atoms with van der Waals surface area (Å²) in [4.78, 5) is 11.6. The van der Waals surface area contributed by atoms with Crippen molar-refractivity contribution >= 4 is 5.69 Å². The molecule has 110 valence electrons. The van der Waals surface area contributed by atoms with Crippen LogP contribution >= 0.6 is 0 Å². The van der Waals surface area contributed by atoms with E-state index in [9.17, 15) is 4.79 Å². The van der Waals surface area contributed by atoms with Crippen LogP contribution in [0.2, 0.25) is 0 Å². The number of nitrogens with one attached hydrogen (secondary N) is 1. The third-order valence-electron chi connectivity index (χ3n) is 4.26. The van der Waals surface area contributed by atoms with Crippen LogP contribution in [0.5, 0.6) is 0 Å². The fourth-order valence-corrected chi connectivity index (χ4v) is 3.09. The van der Waals surface area contributed by atoms with Crippen molar-refractivity contribution in [3.63, 3.8) is 0 Å². The Labute approximate surface area is 118 Å². The Hall–Kier alpha value is -1.33. The Morgan fingerprint density at radius 1 is 1.30 bits per heavy atom. The van der Waals surface area contributed by atoms with Gasteiger partial charge in [0.05, 0.1) is 18.9 Å². The van der Waals surface area contributed by atoms with Gasteiger partial charge < -0.3 is 19.4 Å². The predicted molar refractivity (Wildman–Crippen MR) is 76.9 cm³/mol. The first-order chi connectivity index (χ1) is 9.71. The number of aromatic nitrogens is 1. The lowest BCUT2D eigenvalue weighted by Crippen LogP contribution is -2.39. The van der Waals surface area contributed by atoms with E-state index in [-0.39, 0.29) is 11.3 Å². The molecule has 1 aliphatic heterocycles. The maximum absolute atomic E-state index is 11.6. The molecule has 1 aliphatic carbocycles. The minimum atomic E-state index is -0.305. The summed E-state index contributed by atoms with van der Waals surface area (Å²) in [6.45, 7) is 4.12. The zero-order valence-corrected chi connectivity index (χ0v) is 11.9. The van der Waals surface area contributed by atoms with E-state index in [0.29, 0.717) is 12.6 Å². The summed E-state index contributed by atoms with van der Waals surface area (Å²) in [6.07, 6.45) is 5.85. The van der Waals surface area contributed by atoms with Crippen molar-refractivity contribution in [3.05, 3.63) is 28.7 Å². The van der Waals surface area contributed by atoms with Crippen molar-refractivity contribution in [3.8, 4) is 0 Å². The number of hydrogen-bond acceptors (Lipinski definition) is 4. The van der Waals surface area contributed by atoms with E-state index in [1.54, 1.807) is 10.6 Å². The molecule has 1 N–H and O–H groups in total. The Kier molecular flexibility index (Phi) is 3.81. The monoisotopic (exact) mass is 278 g/mol. The Bertz CT molecular complexity index is 510. The molecule has 0 unspecified atom stereocenters. The van der Waals surface area contributed by atoms with Crippen molar-refractivity contribution in [1.82, 2.24) is 4.57 Å². The Morgan fingerprint density at radius 2 is 2.00 bits per heavy atom. The number of ether oxygens (including phenoxy) is 2. The van der Waals surface area contributed by atoms with E-state index < -0.39 is 0 Å². The third-order valence-corrected chi connectivity index (χ3v) is 4.26. The minimum absolute atomic E-state index is 0.0494. The number of nitrogens with zero attached hydrogens (tertiary/aromatic N) is 1. The highest BCUT2D eigenvalue weighted by atomic mass is 16.7. The molecular formula is C15H22N2O3. The predicted octanol–water partition coefficient (Wildman–Crippen LogP) is 1.97. The van der Waals surface area contributed by atoms with Crippen LogP contribution in [0, 0.1) is 0 Å². The van der Waals surface area contributed by atoms with Crippen LogP contribution in [0.15, 0.2) is 23.1 Å². The van der Waals surface area contributed by atoms with Gasteiger partial charge in [-0.15, -0.1) is 0 Å². The van der Waals surface area contributed by atoms with Crippen LogP contribution in [0.25, 0.3) is 0 Å². The van der Waals surface area contributed by atoms with E-state index in [1.807, 2.05) is 19.2 Å². The Morgan fingerprint density at radius 3 is 2.65 bits per heavy atom. The molecule has 1 saturated heterocycles. The molecule has 0 atom stereocenters. The van der Waals surface area contributed by atoms with Crippen molar-refractivity contribution < 1.29 is 9.47 Å². The first-order valence-corrected chi connectivity index (χ1v) is 7.46. The van der Waals surface area contributed by atoms with Gasteiger partial charge in [0.2, 0.25) is 0 Å². The lowest BCUT2D eigenvalue weighted by Gasteiger charge is -2.36. The summed E-state index contributed by atoms with van der Waals surface area (Å²) in [6, 6.07) is 3.91. The lowest BCUT2D eigenvalue weighted by atomic mass is 9.90. The second kappa shape index (κ2) is 5.58. The van der Waals surface area contributed by atoms with Crippen LogP contribution in [-0.2, 0) is 16.0 Å². The zero-order chi connectivity index (χ0) is 14.0. The van der Waals surface area contributed by atoms with Crippen molar-refractivity contribution in [2.24, 2.45) is 0 Å². The van der Waals surface area contributed by atoms with E-state index in [2.05, 4.69) is 5.32 Å². The average molecular weight is 278 g/mol. The highest BCUT2D eigenvalue weighted by Gasteiger charge is 2.40. The highest BCUT2D eigenvalue weighted by Crippen LogP contribution is 2.36. The smallest absolute Gasteiger partial charge is 0.250 e. The molecule has 0 amide bonds. The fourth-order valence-electron chi connectivity index (χ4n) is 3.09. The number of pyridine rings is 1. The molecule has 1 spiro atoms. The number of rotatable bonds is 3. The van der Waals surface area contributed by atoms with Gasteiger partial charge in [-0.2, -0.15) is 0 Å². The van der Waals surface area contributed by atoms with Gasteiger partial charge in [0.15, 0.2) is 5.79 Å². The zero-order valence-electron chi connectivity index (χ0n) is 11.9. The van der Waals surface area contributed by atoms with Crippen molar-refractivity contribution in [2.75, 3.05) is 18.5 Å². The van der Waals surface area contributed by atoms with Crippen LogP contribution in [0.1, 0.15) is 32.6 Å². The number of aryl methyl sites for hydroxylation is 1. The first kappa shape index (κ1) is 13.6. The molecule has 20 heavy (non-hydrogen) atoms. The van der Waals surface area contributed by atoms with E-state index in [1.165, 1.54) is 0 Å². The molecule has 5 heteroatoms. The van der Waals surface area contributed by atoms with Gasteiger partial charge in [0, 0.05) is 37.7 Å². The van der Waals surface area contributed by atoms with Gasteiger partial charge in [0.25, 0.3) is 5.56 Å². The topological polar surface area (TPSA) is 52.5 Å². The van der Waals surface area contributed by atoms with Gasteiger partial charge in [-0.05, 0) is 25.8 Å². The summed E-state index contributed by atoms with van der Waals surface area (Å²) in [7, 11) is 0. The second-order valence-electron chi connectivity index (χ2n) is 5.57. The summed E-state index contributed by atoms with van der Waals surface area (Å²) in [5.41, 5.74) is 1.06. The summed E-state index contributed by atoms with van der Waals surface area (Å²) in [5.74, 6) is -0.305. The van der Waals surface area contributed by atoms with E-state index in [4.69, 9.17) is 9.47 Å².